The molecule has 5 rings (SSSR count). The van der Waals surface area contributed by atoms with E-state index in [0.717, 1.165) is 29.3 Å². The van der Waals surface area contributed by atoms with Crippen LogP contribution in [0, 0.1) is 33.8 Å². The molecule has 2 aromatic rings. The molecule has 2 saturated carbocycles. The van der Waals surface area contributed by atoms with Gasteiger partial charge in [-0.2, -0.15) is 5.01 Å². The number of nitro benzene ring substituents is 1. The fourth-order valence-corrected chi connectivity index (χ4v) is 5.85. The number of non-ortho nitro benzene ring substituents is 1. The molecule has 0 radical (unpaired) electrons. The van der Waals surface area contributed by atoms with E-state index in [9.17, 15) is 29.3 Å². The van der Waals surface area contributed by atoms with E-state index in [4.69, 9.17) is 11.6 Å². The van der Waals surface area contributed by atoms with Crippen molar-refractivity contribution in [3.05, 3.63) is 74.8 Å². The Morgan fingerprint density at radius 1 is 1.00 bits per heavy atom. The molecule has 0 N–H and O–H groups in total. The van der Waals surface area contributed by atoms with Crippen molar-refractivity contribution in [2.45, 2.75) is 19.3 Å². The molecule has 2 aromatic carbocycles. The average molecular weight is 482 g/mol. The van der Waals surface area contributed by atoms with Crippen molar-refractivity contribution in [1.29, 1.82) is 0 Å². The zero-order valence-corrected chi connectivity index (χ0v) is 18.7. The van der Waals surface area contributed by atoms with Crippen molar-refractivity contribution >= 4 is 40.8 Å². The van der Waals surface area contributed by atoms with E-state index >= 15 is 0 Å². The summed E-state index contributed by atoms with van der Waals surface area (Å²) in [7, 11) is 0. The van der Waals surface area contributed by atoms with Crippen LogP contribution in [0.5, 0.6) is 0 Å². The highest BCUT2D eigenvalue weighted by molar-refractivity contribution is 6.34. The molecule has 3 fully saturated rings. The van der Waals surface area contributed by atoms with Gasteiger partial charge in [-0.3, -0.25) is 29.3 Å². The molecule has 174 valence electrons. The van der Waals surface area contributed by atoms with Crippen LogP contribution in [0.15, 0.2) is 48.5 Å². The summed E-state index contributed by atoms with van der Waals surface area (Å²) in [5, 5.41) is 12.8. The first kappa shape index (κ1) is 22.2. The first-order valence-corrected chi connectivity index (χ1v) is 11.4. The Bertz CT molecular complexity index is 1200. The average Bonchev–Trinajstić information content (AvgIpc) is 3.51. The van der Waals surface area contributed by atoms with Crippen LogP contribution in [0.25, 0.3) is 0 Å². The number of amides is 3. The van der Waals surface area contributed by atoms with E-state index in [-0.39, 0.29) is 33.7 Å². The van der Waals surface area contributed by atoms with Gasteiger partial charge in [-0.1, -0.05) is 23.7 Å². The van der Waals surface area contributed by atoms with Crippen LogP contribution in [0.4, 0.5) is 5.69 Å². The predicted molar refractivity (Wildman–Crippen MR) is 120 cm³/mol. The van der Waals surface area contributed by atoms with E-state index in [1.54, 1.807) is 12.1 Å². The Balaban J connectivity index is 1.49. The van der Waals surface area contributed by atoms with Crippen LogP contribution in [-0.2, 0) is 9.59 Å². The van der Waals surface area contributed by atoms with Crippen molar-refractivity contribution in [2.24, 2.45) is 23.7 Å². The van der Waals surface area contributed by atoms with Gasteiger partial charge in [0.1, 0.15) is 6.54 Å². The van der Waals surface area contributed by atoms with E-state index in [1.807, 2.05) is 0 Å². The van der Waals surface area contributed by atoms with Crippen LogP contribution in [0.3, 0.4) is 0 Å². The Morgan fingerprint density at radius 3 is 2.15 bits per heavy atom. The maximum Gasteiger partial charge on any atom is 0.274 e. The molecule has 0 aromatic heterocycles. The fraction of sp³-hybridized carbons (Fsp3) is 0.333. The molecule has 3 amide bonds. The van der Waals surface area contributed by atoms with Crippen molar-refractivity contribution < 1.29 is 24.1 Å². The van der Waals surface area contributed by atoms with E-state index < -0.39 is 46.8 Å². The van der Waals surface area contributed by atoms with Gasteiger partial charge in [-0.15, -0.1) is 0 Å². The van der Waals surface area contributed by atoms with E-state index in [0.29, 0.717) is 0 Å². The number of carbonyl (C=O) groups excluding carboxylic acids is 4. The molecule has 2 aliphatic carbocycles. The van der Waals surface area contributed by atoms with Crippen molar-refractivity contribution in [3.8, 4) is 0 Å². The van der Waals surface area contributed by atoms with Crippen LogP contribution >= 0.6 is 11.6 Å². The van der Waals surface area contributed by atoms with Gasteiger partial charge >= 0.3 is 0 Å². The molecule has 2 bridgehead atoms. The number of nitrogens with zero attached hydrogens (tertiary/aromatic N) is 3. The number of halogens is 1. The van der Waals surface area contributed by atoms with Crippen LogP contribution in [0.1, 0.15) is 40.0 Å². The Kier molecular flexibility index (Phi) is 5.44. The minimum absolute atomic E-state index is 0.0568. The number of hydrogen-bond donors (Lipinski definition) is 0. The number of benzene rings is 2. The number of carbonyl (C=O) groups is 4. The van der Waals surface area contributed by atoms with Crippen LogP contribution in [-0.4, -0.2) is 45.0 Å². The standard InChI is InChI=1S/C24H20ClN3O6/c25-18-4-2-1-3-17(18)22(30)26(12-19(29)13-7-9-16(10-8-13)28(33)34)27-23(31)20-14-5-6-15(11-14)21(20)24(27)32/h1-4,7-10,14-15,20-21H,5-6,11-12H2/t14-,15-,20+,21+/m0/s1. The third-order valence-corrected chi connectivity index (χ3v) is 7.51. The number of hydrogen-bond acceptors (Lipinski definition) is 6. The zero-order valence-electron chi connectivity index (χ0n) is 17.9. The normalized spacial score (nSPS) is 24.9. The van der Waals surface area contributed by atoms with E-state index in [2.05, 4.69) is 0 Å². The smallest absolute Gasteiger partial charge is 0.274 e. The highest BCUT2D eigenvalue weighted by Crippen LogP contribution is 2.56. The molecule has 0 spiro atoms. The SMILES string of the molecule is O=C(CN(C(=O)c1ccccc1Cl)N1C(=O)[C@@H]2[C@H]3CC[C@@H](C3)[C@H]2C1=O)c1ccc([N+](=O)[O-])cc1. The third-order valence-electron chi connectivity index (χ3n) is 7.18. The molecule has 4 atom stereocenters. The molecular formula is C24H20ClN3O6. The first-order chi connectivity index (χ1) is 16.3. The van der Waals surface area contributed by atoms with Gasteiger partial charge in [-0.25, -0.2) is 5.01 Å². The monoisotopic (exact) mass is 481 g/mol. The van der Waals surface area contributed by atoms with Crippen molar-refractivity contribution in [1.82, 2.24) is 10.0 Å². The summed E-state index contributed by atoms with van der Waals surface area (Å²) in [6, 6.07) is 11.1. The Hall–Kier alpha value is -3.59. The topological polar surface area (TPSA) is 118 Å². The van der Waals surface area contributed by atoms with Gasteiger partial charge in [0.2, 0.25) is 0 Å². The second-order valence-electron chi connectivity index (χ2n) is 8.94. The lowest BCUT2D eigenvalue weighted by molar-refractivity contribution is -0.384. The maximum absolute atomic E-state index is 13.5. The minimum atomic E-state index is -0.741. The lowest BCUT2D eigenvalue weighted by atomic mass is 9.81. The van der Waals surface area contributed by atoms with Crippen molar-refractivity contribution in [3.63, 3.8) is 0 Å². The highest BCUT2D eigenvalue weighted by atomic mass is 35.5. The Morgan fingerprint density at radius 2 is 1.59 bits per heavy atom. The summed E-state index contributed by atoms with van der Waals surface area (Å²) < 4.78 is 0. The molecule has 0 unspecified atom stereocenters. The summed E-state index contributed by atoms with van der Waals surface area (Å²) in [6.07, 6.45) is 2.58. The number of Topliss-reactive ketones (excluding diaryl/α,β-unsaturated/α-hetero) is 1. The van der Waals surface area contributed by atoms with Gasteiger partial charge < -0.3 is 0 Å². The van der Waals surface area contributed by atoms with Gasteiger partial charge in [0.05, 0.1) is 27.3 Å². The summed E-state index contributed by atoms with van der Waals surface area (Å²) in [5.74, 6) is -2.95. The summed E-state index contributed by atoms with van der Waals surface area (Å²) in [6.45, 7) is -0.589. The zero-order chi connectivity index (χ0) is 24.1. The largest absolute Gasteiger partial charge is 0.292 e. The van der Waals surface area contributed by atoms with Gasteiger partial charge in [-0.05, 0) is 55.4 Å². The number of fused-ring (bicyclic) bond motifs is 5. The summed E-state index contributed by atoms with van der Waals surface area (Å²) in [4.78, 5) is 63.7. The van der Waals surface area contributed by atoms with Gasteiger partial charge in [0, 0.05) is 17.7 Å². The maximum atomic E-state index is 13.5. The minimum Gasteiger partial charge on any atom is -0.292 e. The lowest BCUT2D eigenvalue weighted by Crippen LogP contribution is -2.52. The van der Waals surface area contributed by atoms with E-state index in [1.165, 1.54) is 36.4 Å². The summed E-state index contributed by atoms with van der Waals surface area (Å²) in [5.41, 5.74) is -0.0167. The summed E-state index contributed by atoms with van der Waals surface area (Å²) >= 11 is 6.21. The molecule has 1 saturated heterocycles. The number of ketones is 1. The number of hydrazine groups is 1. The molecule has 34 heavy (non-hydrogen) atoms. The first-order valence-electron chi connectivity index (χ1n) is 11.0. The van der Waals surface area contributed by atoms with Gasteiger partial charge in [0.25, 0.3) is 23.4 Å². The van der Waals surface area contributed by atoms with Gasteiger partial charge in [0.15, 0.2) is 5.78 Å². The number of imide groups is 1. The molecule has 3 aliphatic rings. The molecule has 9 nitrogen and oxygen atoms in total. The Labute approximate surface area is 199 Å². The predicted octanol–water partition coefficient (Wildman–Crippen LogP) is 3.52. The molecule has 1 aliphatic heterocycles. The van der Waals surface area contributed by atoms with Crippen LogP contribution < -0.4 is 0 Å². The third kappa shape index (κ3) is 3.47. The molecular weight excluding hydrogens is 462 g/mol. The van der Waals surface area contributed by atoms with Crippen molar-refractivity contribution in [2.75, 3.05) is 6.54 Å². The van der Waals surface area contributed by atoms with Crippen LogP contribution in [0.2, 0.25) is 5.02 Å². The lowest BCUT2D eigenvalue weighted by Gasteiger charge is -2.31. The quantitative estimate of drug-likeness (QED) is 0.269. The number of nitro groups is 1. The second kappa shape index (κ2) is 8.32. The molecule has 10 heteroatoms. The number of rotatable bonds is 6. The second-order valence-corrected chi connectivity index (χ2v) is 9.35. The highest BCUT2D eigenvalue weighted by Gasteiger charge is 2.62. The fourth-order valence-electron chi connectivity index (χ4n) is 5.63. The molecule has 1 heterocycles.